The van der Waals surface area contributed by atoms with E-state index in [0.29, 0.717) is 25.3 Å². The number of sulfonamides is 1. The molecule has 0 fully saturated rings. The van der Waals surface area contributed by atoms with Crippen molar-refractivity contribution in [1.29, 1.82) is 0 Å². The van der Waals surface area contributed by atoms with Crippen molar-refractivity contribution in [1.82, 2.24) is 9.62 Å². The van der Waals surface area contributed by atoms with Crippen molar-refractivity contribution in [3.63, 3.8) is 0 Å². The maximum atomic E-state index is 12.5. The van der Waals surface area contributed by atoms with Crippen LogP contribution in [0.4, 0.5) is 0 Å². The van der Waals surface area contributed by atoms with Gasteiger partial charge in [-0.1, -0.05) is 44.2 Å². The zero-order valence-electron chi connectivity index (χ0n) is 19.5. The summed E-state index contributed by atoms with van der Waals surface area (Å²) in [4.78, 5) is 24.7. The predicted octanol–water partition coefficient (Wildman–Crippen LogP) is 2.91. The molecular weight excluding hydrogens is 444 g/mol. The van der Waals surface area contributed by atoms with Crippen molar-refractivity contribution in [2.75, 3.05) is 20.2 Å². The number of carbonyl (C=O) groups is 2. The number of para-hydroxylation sites is 1. The van der Waals surface area contributed by atoms with Gasteiger partial charge in [0, 0.05) is 31.6 Å². The molecule has 0 aliphatic rings. The molecule has 2 aromatic carbocycles. The largest absolute Gasteiger partial charge is 0.496 e. The van der Waals surface area contributed by atoms with Gasteiger partial charge in [-0.3, -0.25) is 9.59 Å². The number of carbonyl (C=O) groups excluding carboxylic acids is 2. The number of hydrogen-bond acceptors (Lipinski definition) is 6. The van der Waals surface area contributed by atoms with Crippen LogP contribution in [0.5, 0.6) is 5.75 Å². The van der Waals surface area contributed by atoms with Gasteiger partial charge < -0.3 is 14.8 Å². The van der Waals surface area contributed by atoms with E-state index >= 15 is 0 Å². The van der Waals surface area contributed by atoms with Crippen molar-refractivity contribution < 1.29 is 27.5 Å². The highest BCUT2D eigenvalue weighted by Crippen LogP contribution is 2.18. The molecule has 0 aliphatic carbocycles. The standard InChI is InChI=1S/C24H32N2O6S/c1-5-26(6-2)33(29,30)21-14-11-19(12-15-21)13-16-23(27)32-18(3)24(28)25-17-20-9-7-8-10-22(20)31-4/h7-12,14-15,18H,5-6,13,16-17H2,1-4H3,(H,25,28). The Balaban J connectivity index is 1.84. The minimum atomic E-state index is -3.52. The number of ether oxygens (including phenoxy) is 2. The van der Waals surface area contributed by atoms with E-state index in [1.165, 1.54) is 11.2 Å². The van der Waals surface area contributed by atoms with Gasteiger partial charge in [-0.15, -0.1) is 0 Å². The summed E-state index contributed by atoms with van der Waals surface area (Å²) in [6.45, 7) is 6.16. The monoisotopic (exact) mass is 476 g/mol. The molecule has 180 valence electrons. The van der Waals surface area contributed by atoms with Crippen LogP contribution in [0.3, 0.4) is 0 Å². The Bertz CT molecular complexity index is 1030. The van der Waals surface area contributed by atoms with Crippen molar-refractivity contribution in [2.45, 2.75) is 51.2 Å². The third kappa shape index (κ3) is 7.30. The van der Waals surface area contributed by atoms with Gasteiger partial charge in [-0.05, 0) is 37.1 Å². The van der Waals surface area contributed by atoms with Crippen LogP contribution in [0.1, 0.15) is 38.3 Å². The number of nitrogens with zero attached hydrogens (tertiary/aromatic N) is 1. The van der Waals surface area contributed by atoms with Crippen LogP contribution in [-0.4, -0.2) is 50.9 Å². The lowest BCUT2D eigenvalue weighted by Crippen LogP contribution is -2.35. The van der Waals surface area contributed by atoms with E-state index in [1.807, 2.05) is 18.2 Å². The maximum absolute atomic E-state index is 12.5. The molecule has 0 saturated heterocycles. The second-order valence-corrected chi connectivity index (χ2v) is 9.33. The van der Waals surface area contributed by atoms with E-state index in [9.17, 15) is 18.0 Å². The summed E-state index contributed by atoms with van der Waals surface area (Å²) in [7, 11) is -1.96. The second kappa shape index (κ2) is 12.4. The highest BCUT2D eigenvalue weighted by atomic mass is 32.2. The third-order valence-corrected chi connectivity index (χ3v) is 7.27. The molecule has 0 saturated carbocycles. The molecule has 2 aromatic rings. The molecule has 8 nitrogen and oxygen atoms in total. The van der Waals surface area contributed by atoms with Crippen molar-refractivity contribution in [3.8, 4) is 5.75 Å². The van der Waals surface area contributed by atoms with E-state index in [1.54, 1.807) is 51.3 Å². The fourth-order valence-electron chi connectivity index (χ4n) is 3.27. The lowest BCUT2D eigenvalue weighted by molar-refractivity contribution is -0.154. The molecule has 1 unspecified atom stereocenters. The van der Waals surface area contributed by atoms with E-state index < -0.39 is 28.0 Å². The predicted molar refractivity (Wildman–Crippen MR) is 125 cm³/mol. The summed E-state index contributed by atoms with van der Waals surface area (Å²) in [6, 6.07) is 13.8. The van der Waals surface area contributed by atoms with Crippen molar-refractivity contribution >= 4 is 21.9 Å². The zero-order chi connectivity index (χ0) is 24.4. The smallest absolute Gasteiger partial charge is 0.306 e. The number of aryl methyl sites for hydroxylation is 1. The minimum Gasteiger partial charge on any atom is -0.496 e. The summed E-state index contributed by atoms with van der Waals surface area (Å²) in [5, 5.41) is 2.73. The van der Waals surface area contributed by atoms with E-state index in [4.69, 9.17) is 9.47 Å². The quantitative estimate of drug-likeness (QED) is 0.473. The molecule has 9 heteroatoms. The molecule has 1 amide bonds. The number of methoxy groups -OCH3 is 1. The minimum absolute atomic E-state index is 0.0757. The molecule has 0 bridgehead atoms. The number of esters is 1. The highest BCUT2D eigenvalue weighted by Gasteiger charge is 2.21. The highest BCUT2D eigenvalue weighted by molar-refractivity contribution is 7.89. The Kier molecular flexibility index (Phi) is 9.87. The molecule has 33 heavy (non-hydrogen) atoms. The number of nitrogens with one attached hydrogen (secondary N) is 1. The van der Waals surface area contributed by atoms with Crippen LogP contribution >= 0.6 is 0 Å². The van der Waals surface area contributed by atoms with Crippen LogP contribution in [-0.2, 0) is 37.3 Å². The fraction of sp³-hybridized carbons (Fsp3) is 0.417. The Morgan fingerprint density at radius 2 is 1.67 bits per heavy atom. The summed E-state index contributed by atoms with van der Waals surface area (Å²) in [5.41, 5.74) is 1.62. The SMILES string of the molecule is CCN(CC)S(=O)(=O)c1ccc(CCC(=O)OC(C)C(=O)NCc2ccccc2OC)cc1. The molecule has 0 heterocycles. The second-order valence-electron chi connectivity index (χ2n) is 7.40. The van der Waals surface area contributed by atoms with Crippen molar-refractivity contribution in [2.24, 2.45) is 0 Å². The molecule has 0 spiro atoms. The topological polar surface area (TPSA) is 102 Å². The summed E-state index contributed by atoms with van der Waals surface area (Å²) < 4.78 is 37.0. The van der Waals surface area contributed by atoms with Gasteiger partial charge in [-0.25, -0.2) is 8.42 Å². The zero-order valence-corrected chi connectivity index (χ0v) is 20.4. The van der Waals surface area contributed by atoms with Gasteiger partial charge in [0.05, 0.1) is 12.0 Å². The Morgan fingerprint density at radius 3 is 2.27 bits per heavy atom. The average molecular weight is 477 g/mol. The molecule has 1 atom stereocenters. The fourth-order valence-corrected chi connectivity index (χ4v) is 4.73. The number of rotatable bonds is 12. The van der Waals surface area contributed by atoms with Gasteiger partial charge in [-0.2, -0.15) is 4.31 Å². The summed E-state index contributed by atoms with van der Waals surface area (Å²) in [5.74, 6) is -0.242. The molecule has 0 radical (unpaired) electrons. The first-order chi connectivity index (χ1) is 15.7. The van der Waals surface area contributed by atoms with Crippen LogP contribution in [0.15, 0.2) is 53.4 Å². The normalized spacial score (nSPS) is 12.3. The average Bonchev–Trinajstić information content (AvgIpc) is 2.82. The molecular formula is C24H32N2O6S. The Morgan fingerprint density at radius 1 is 1.03 bits per heavy atom. The third-order valence-electron chi connectivity index (χ3n) is 5.21. The van der Waals surface area contributed by atoms with Crippen LogP contribution in [0, 0.1) is 0 Å². The molecule has 2 rings (SSSR count). The van der Waals surface area contributed by atoms with Gasteiger partial charge in [0.1, 0.15) is 5.75 Å². The Labute approximate surface area is 195 Å². The lowest BCUT2D eigenvalue weighted by Gasteiger charge is -2.18. The molecule has 0 aromatic heterocycles. The van der Waals surface area contributed by atoms with Gasteiger partial charge >= 0.3 is 5.97 Å². The van der Waals surface area contributed by atoms with E-state index in [-0.39, 0.29) is 17.9 Å². The first-order valence-electron chi connectivity index (χ1n) is 10.9. The van der Waals surface area contributed by atoms with Gasteiger partial charge in [0.25, 0.3) is 5.91 Å². The van der Waals surface area contributed by atoms with Crippen molar-refractivity contribution in [3.05, 3.63) is 59.7 Å². The van der Waals surface area contributed by atoms with Crippen LogP contribution < -0.4 is 10.1 Å². The van der Waals surface area contributed by atoms with Crippen LogP contribution in [0.25, 0.3) is 0 Å². The number of hydrogen-bond donors (Lipinski definition) is 1. The van der Waals surface area contributed by atoms with E-state index in [0.717, 1.165) is 11.1 Å². The van der Waals surface area contributed by atoms with Gasteiger partial charge in [0.15, 0.2) is 6.10 Å². The Hall–Kier alpha value is -2.91. The maximum Gasteiger partial charge on any atom is 0.306 e. The van der Waals surface area contributed by atoms with E-state index in [2.05, 4.69) is 5.32 Å². The first-order valence-corrected chi connectivity index (χ1v) is 12.3. The molecule has 0 aliphatic heterocycles. The number of amides is 1. The van der Waals surface area contributed by atoms with Gasteiger partial charge in [0.2, 0.25) is 10.0 Å². The lowest BCUT2D eigenvalue weighted by atomic mass is 10.1. The molecule has 1 N–H and O–H groups in total. The summed E-state index contributed by atoms with van der Waals surface area (Å²) >= 11 is 0. The first kappa shape index (κ1) is 26.3. The van der Waals surface area contributed by atoms with Crippen LogP contribution in [0.2, 0.25) is 0 Å². The summed E-state index contributed by atoms with van der Waals surface area (Å²) in [6.07, 6.45) is -0.486. The number of benzene rings is 2.